The lowest BCUT2D eigenvalue weighted by Crippen LogP contribution is -2.48. The van der Waals surface area contributed by atoms with Crippen molar-refractivity contribution in [1.29, 1.82) is 0 Å². The molecule has 0 saturated carbocycles. The molecule has 0 aliphatic carbocycles. The van der Waals surface area contributed by atoms with Gasteiger partial charge in [0.15, 0.2) is 0 Å². The fraction of sp³-hybridized carbons (Fsp3) is 0.400. The minimum atomic E-state index is -0.678. The third-order valence-corrected chi connectivity index (χ3v) is 12.2. The van der Waals surface area contributed by atoms with Crippen LogP contribution in [-0.2, 0) is 34.0 Å². The molecule has 0 spiro atoms. The number of ether oxygens (including phenoxy) is 1. The van der Waals surface area contributed by atoms with Gasteiger partial charge in [-0.1, -0.05) is 74.5 Å². The second-order valence-corrected chi connectivity index (χ2v) is 17.8. The monoisotopic (exact) mass is 821 g/mol. The standard InChI is InChI=1S/C50H59N7O4/c1-8-47(58)55-33(3)28-41(39-14-10-12-16-43(39)55)51-37-22-20-36(21-23-37)42-31-54-27-26-53(32-46(54)52-42)30-35-18-24-38(25-19-35)57(49(60)61-50(5,6)7)45-29-34(4)56(48(59)9-2)44-17-13-11-15-40(44)45/h10-25,31,33-34,41,45,51H,8-9,26-30,32H2,1-7H3/t33-,34-,41+,45+/m0/s1. The molecule has 61 heavy (non-hydrogen) atoms. The predicted octanol–water partition coefficient (Wildman–Crippen LogP) is 10.3. The smallest absolute Gasteiger partial charge is 0.415 e. The predicted molar refractivity (Wildman–Crippen MR) is 243 cm³/mol. The van der Waals surface area contributed by atoms with E-state index in [0.717, 1.165) is 89.1 Å². The Morgan fingerprint density at radius 1 is 0.770 bits per heavy atom. The third-order valence-electron chi connectivity index (χ3n) is 12.2. The molecule has 3 aliphatic rings. The van der Waals surface area contributed by atoms with Gasteiger partial charge in [0.05, 0.1) is 24.3 Å². The second-order valence-electron chi connectivity index (χ2n) is 17.8. The first-order valence-corrected chi connectivity index (χ1v) is 21.9. The van der Waals surface area contributed by atoms with E-state index in [1.807, 2.05) is 92.9 Å². The SMILES string of the molecule is CCC(=O)N1c2ccccc2[C@H](N(C(=O)OC(C)(C)C)c2ccc(CN3CCn4cc(-c5ccc(N[C@@H]6C[C@H](C)N(C(=O)CC)c7ccccc76)cc5)nc4C3)cc2)C[C@@H]1C. The number of nitrogens with one attached hydrogen (secondary N) is 1. The van der Waals surface area contributed by atoms with Crippen molar-refractivity contribution < 1.29 is 19.1 Å². The normalized spacial score (nSPS) is 20.0. The average Bonchev–Trinajstić information content (AvgIpc) is 3.67. The molecular weight excluding hydrogens is 763 g/mol. The van der Waals surface area contributed by atoms with Gasteiger partial charge in [-0.15, -0.1) is 0 Å². The lowest BCUT2D eigenvalue weighted by Gasteiger charge is -2.43. The number of hydrogen-bond donors (Lipinski definition) is 1. The van der Waals surface area contributed by atoms with Gasteiger partial charge < -0.3 is 24.4 Å². The highest BCUT2D eigenvalue weighted by Gasteiger charge is 2.40. The quantitative estimate of drug-likeness (QED) is 0.158. The molecule has 0 radical (unpaired) electrons. The lowest BCUT2D eigenvalue weighted by molar-refractivity contribution is -0.119. The summed E-state index contributed by atoms with van der Waals surface area (Å²) in [6.45, 7) is 16.9. The maximum Gasteiger partial charge on any atom is 0.415 e. The van der Waals surface area contributed by atoms with Gasteiger partial charge in [-0.2, -0.15) is 0 Å². The molecule has 3 aliphatic heterocycles. The molecule has 1 aromatic heterocycles. The van der Waals surface area contributed by atoms with Gasteiger partial charge >= 0.3 is 6.09 Å². The van der Waals surface area contributed by atoms with Crippen LogP contribution in [0.5, 0.6) is 0 Å². The van der Waals surface area contributed by atoms with Gasteiger partial charge in [0.2, 0.25) is 11.8 Å². The molecule has 0 bridgehead atoms. The number of nitrogens with zero attached hydrogens (tertiary/aromatic N) is 6. The van der Waals surface area contributed by atoms with Crippen LogP contribution in [0.3, 0.4) is 0 Å². The number of fused-ring (bicyclic) bond motifs is 3. The molecule has 5 aromatic rings. The molecule has 0 unspecified atom stereocenters. The van der Waals surface area contributed by atoms with E-state index in [0.29, 0.717) is 19.3 Å². The lowest BCUT2D eigenvalue weighted by atomic mass is 9.90. The van der Waals surface area contributed by atoms with Crippen molar-refractivity contribution in [2.75, 3.05) is 26.6 Å². The van der Waals surface area contributed by atoms with Crippen LogP contribution in [0.4, 0.5) is 27.5 Å². The van der Waals surface area contributed by atoms with Gasteiger partial charge in [0.25, 0.3) is 0 Å². The van der Waals surface area contributed by atoms with Crippen LogP contribution in [0.25, 0.3) is 11.3 Å². The highest BCUT2D eigenvalue weighted by Crippen LogP contribution is 2.44. The van der Waals surface area contributed by atoms with E-state index in [1.165, 1.54) is 0 Å². The maximum absolute atomic E-state index is 14.0. The van der Waals surface area contributed by atoms with Crippen molar-refractivity contribution in [3.63, 3.8) is 0 Å². The summed E-state index contributed by atoms with van der Waals surface area (Å²) in [6.07, 6.45) is 4.07. The summed E-state index contributed by atoms with van der Waals surface area (Å²) in [5.41, 5.74) is 8.22. The molecule has 4 heterocycles. The summed E-state index contributed by atoms with van der Waals surface area (Å²) in [7, 11) is 0. The molecule has 8 rings (SSSR count). The van der Waals surface area contributed by atoms with Crippen molar-refractivity contribution in [2.24, 2.45) is 0 Å². The number of aromatic nitrogens is 2. The minimum absolute atomic E-state index is 0.0713. The third kappa shape index (κ3) is 8.66. The Labute approximate surface area is 360 Å². The molecule has 11 nitrogen and oxygen atoms in total. The van der Waals surface area contributed by atoms with E-state index in [2.05, 4.69) is 83.4 Å². The van der Waals surface area contributed by atoms with E-state index in [4.69, 9.17) is 9.72 Å². The Bertz CT molecular complexity index is 2380. The highest BCUT2D eigenvalue weighted by molar-refractivity contribution is 5.97. The van der Waals surface area contributed by atoms with Crippen LogP contribution in [-0.4, -0.2) is 56.6 Å². The van der Waals surface area contributed by atoms with Crippen molar-refractivity contribution in [1.82, 2.24) is 14.5 Å². The summed E-state index contributed by atoms with van der Waals surface area (Å²) < 4.78 is 8.28. The van der Waals surface area contributed by atoms with Gasteiger partial charge in [0.1, 0.15) is 11.4 Å². The largest absolute Gasteiger partial charge is 0.443 e. The summed E-state index contributed by atoms with van der Waals surface area (Å²) in [6, 6.07) is 32.7. The Morgan fingerprint density at radius 2 is 1.38 bits per heavy atom. The summed E-state index contributed by atoms with van der Waals surface area (Å²) >= 11 is 0. The number of rotatable bonds is 9. The van der Waals surface area contributed by atoms with Crippen LogP contribution in [0.2, 0.25) is 0 Å². The molecule has 11 heteroatoms. The zero-order valence-corrected chi connectivity index (χ0v) is 36.6. The highest BCUT2D eigenvalue weighted by atomic mass is 16.6. The number of para-hydroxylation sites is 2. The van der Waals surface area contributed by atoms with Crippen molar-refractivity contribution in [2.45, 2.75) is 124 Å². The number of anilines is 4. The molecule has 318 valence electrons. The number of imidazole rings is 1. The van der Waals surface area contributed by atoms with Crippen molar-refractivity contribution in [3.05, 3.63) is 126 Å². The van der Waals surface area contributed by atoms with Gasteiger partial charge in [-0.05, 0) is 101 Å². The van der Waals surface area contributed by atoms with Gasteiger partial charge in [-0.25, -0.2) is 9.78 Å². The van der Waals surface area contributed by atoms with E-state index >= 15 is 0 Å². The fourth-order valence-electron chi connectivity index (χ4n) is 9.33. The zero-order valence-electron chi connectivity index (χ0n) is 36.6. The van der Waals surface area contributed by atoms with Gasteiger partial charge in [0, 0.05) is 79.1 Å². The van der Waals surface area contributed by atoms with E-state index in [9.17, 15) is 14.4 Å². The number of carbonyl (C=O) groups excluding carboxylic acids is 3. The molecule has 0 saturated heterocycles. The molecule has 4 aromatic carbocycles. The first kappa shape index (κ1) is 41.8. The number of carbonyl (C=O) groups is 3. The Balaban J connectivity index is 0.948. The molecule has 3 amide bonds. The molecule has 4 atom stereocenters. The van der Waals surface area contributed by atoms with Gasteiger partial charge in [-0.3, -0.25) is 19.4 Å². The van der Waals surface area contributed by atoms with Crippen molar-refractivity contribution in [3.8, 4) is 11.3 Å². The van der Waals surface area contributed by atoms with Crippen LogP contribution < -0.4 is 20.0 Å². The fourth-order valence-corrected chi connectivity index (χ4v) is 9.33. The second kappa shape index (κ2) is 17.2. The summed E-state index contributed by atoms with van der Waals surface area (Å²) in [4.78, 5) is 53.1. The first-order chi connectivity index (χ1) is 29.3. The molecular formula is C50H59N7O4. The summed E-state index contributed by atoms with van der Waals surface area (Å²) in [5, 5.41) is 3.75. The molecule has 1 N–H and O–H groups in total. The zero-order chi connectivity index (χ0) is 43.0. The maximum atomic E-state index is 14.0. The Kier molecular flexibility index (Phi) is 11.8. The van der Waals surface area contributed by atoms with Crippen LogP contribution in [0.15, 0.2) is 103 Å². The van der Waals surface area contributed by atoms with Crippen LogP contribution in [0.1, 0.15) is 109 Å². The number of hydrogen-bond acceptors (Lipinski definition) is 7. The summed E-state index contributed by atoms with van der Waals surface area (Å²) in [5.74, 6) is 1.27. The average molecular weight is 822 g/mol. The Hall–Kier alpha value is -5.94. The van der Waals surface area contributed by atoms with Crippen molar-refractivity contribution >= 4 is 40.7 Å². The number of amides is 3. The molecule has 0 fully saturated rings. The number of benzene rings is 4. The van der Waals surface area contributed by atoms with E-state index in [-0.39, 0.29) is 36.0 Å². The van der Waals surface area contributed by atoms with E-state index in [1.54, 1.807) is 4.90 Å². The topological polar surface area (TPSA) is 103 Å². The van der Waals surface area contributed by atoms with Crippen LogP contribution in [0, 0.1) is 0 Å². The minimum Gasteiger partial charge on any atom is -0.443 e. The van der Waals surface area contributed by atoms with Crippen LogP contribution >= 0.6 is 0 Å². The first-order valence-electron chi connectivity index (χ1n) is 21.9. The van der Waals surface area contributed by atoms with E-state index < -0.39 is 11.7 Å². The Morgan fingerprint density at radius 3 is 2.02 bits per heavy atom.